The van der Waals surface area contributed by atoms with E-state index in [1.54, 1.807) is 0 Å². The predicted molar refractivity (Wildman–Crippen MR) is 120 cm³/mol. The SMILES string of the molecule is CCCCCOC(=O)c1c(N)n([C@@H](C)c2ccccc2)c2nc3ccccc3nc12. The minimum absolute atomic E-state index is 0.120. The number of unbranched alkanes of at least 4 members (excludes halogenated alkanes) is 2. The van der Waals surface area contributed by atoms with Gasteiger partial charge >= 0.3 is 5.97 Å². The van der Waals surface area contributed by atoms with Crippen LogP contribution in [-0.4, -0.2) is 27.1 Å². The van der Waals surface area contributed by atoms with Crippen molar-refractivity contribution in [1.29, 1.82) is 0 Å². The molecule has 0 amide bonds. The molecule has 0 radical (unpaired) electrons. The summed E-state index contributed by atoms with van der Waals surface area (Å²) in [6.45, 7) is 4.52. The number of carbonyl (C=O) groups excluding carboxylic acids is 1. The molecule has 0 aliphatic rings. The number of aromatic nitrogens is 3. The van der Waals surface area contributed by atoms with E-state index in [1.165, 1.54) is 0 Å². The quantitative estimate of drug-likeness (QED) is 0.342. The molecule has 0 saturated carbocycles. The second-order valence-electron chi connectivity index (χ2n) is 7.44. The molecule has 0 unspecified atom stereocenters. The highest BCUT2D eigenvalue weighted by Crippen LogP contribution is 2.33. The number of fused-ring (bicyclic) bond motifs is 2. The van der Waals surface area contributed by atoms with E-state index in [2.05, 4.69) is 6.92 Å². The molecule has 0 aliphatic heterocycles. The summed E-state index contributed by atoms with van der Waals surface area (Å²) in [7, 11) is 0. The molecule has 6 heteroatoms. The Balaban J connectivity index is 1.87. The van der Waals surface area contributed by atoms with Crippen LogP contribution in [0.4, 0.5) is 5.82 Å². The predicted octanol–water partition coefficient (Wildman–Crippen LogP) is 5.12. The van der Waals surface area contributed by atoms with Crippen molar-refractivity contribution >= 4 is 34.0 Å². The first-order chi connectivity index (χ1) is 14.6. The molecule has 0 bridgehead atoms. The van der Waals surface area contributed by atoms with Crippen LogP contribution in [0.5, 0.6) is 0 Å². The smallest absolute Gasteiger partial charge is 0.344 e. The van der Waals surface area contributed by atoms with Gasteiger partial charge in [0.2, 0.25) is 0 Å². The summed E-state index contributed by atoms with van der Waals surface area (Å²) >= 11 is 0. The lowest BCUT2D eigenvalue weighted by molar-refractivity contribution is 0.0501. The molecule has 154 valence electrons. The number of anilines is 1. The molecule has 30 heavy (non-hydrogen) atoms. The summed E-state index contributed by atoms with van der Waals surface area (Å²) in [5, 5.41) is 0. The standard InChI is InChI=1S/C24H26N4O2/c1-3-4-10-15-30-24(29)20-21-23(27-19-14-9-8-13-18(19)26-21)28(22(20)25)16(2)17-11-6-5-7-12-17/h5-9,11-14,16H,3-4,10,15,25H2,1-2H3/t16-/m0/s1. The minimum Gasteiger partial charge on any atom is -0.462 e. The maximum Gasteiger partial charge on any atom is 0.344 e. The van der Waals surface area contributed by atoms with Gasteiger partial charge in [0.25, 0.3) is 0 Å². The van der Waals surface area contributed by atoms with Crippen molar-refractivity contribution in [2.45, 2.75) is 39.2 Å². The van der Waals surface area contributed by atoms with Gasteiger partial charge in [-0.15, -0.1) is 0 Å². The molecule has 2 N–H and O–H groups in total. The lowest BCUT2D eigenvalue weighted by Gasteiger charge is -2.17. The van der Waals surface area contributed by atoms with Crippen LogP contribution in [-0.2, 0) is 4.74 Å². The third-order valence-electron chi connectivity index (χ3n) is 5.39. The summed E-state index contributed by atoms with van der Waals surface area (Å²) in [4.78, 5) is 22.5. The number of para-hydroxylation sites is 2. The number of benzene rings is 2. The highest BCUT2D eigenvalue weighted by Gasteiger charge is 2.27. The van der Waals surface area contributed by atoms with Crippen molar-refractivity contribution in [1.82, 2.24) is 14.5 Å². The third kappa shape index (κ3) is 3.61. The van der Waals surface area contributed by atoms with E-state index in [9.17, 15) is 4.79 Å². The molecule has 4 rings (SSSR count). The molecular formula is C24H26N4O2. The van der Waals surface area contributed by atoms with Crippen molar-refractivity contribution in [2.24, 2.45) is 0 Å². The molecule has 6 nitrogen and oxygen atoms in total. The largest absolute Gasteiger partial charge is 0.462 e. The van der Waals surface area contributed by atoms with Gasteiger partial charge in [-0.1, -0.05) is 62.2 Å². The van der Waals surface area contributed by atoms with Crippen LogP contribution in [0.1, 0.15) is 55.1 Å². The fourth-order valence-corrected chi connectivity index (χ4v) is 3.75. The molecule has 0 spiro atoms. The number of rotatable bonds is 7. The number of esters is 1. The lowest BCUT2D eigenvalue weighted by atomic mass is 10.1. The number of ether oxygens (including phenoxy) is 1. The van der Waals surface area contributed by atoms with Crippen LogP contribution in [0.15, 0.2) is 54.6 Å². The Bertz CT molecular complexity index is 1180. The zero-order valence-corrected chi connectivity index (χ0v) is 17.3. The van der Waals surface area contributed by atoms with Gasteiger partial charge in [-0.25, -0.2) is 14.8 Å². The zero-order valence-electron chi connectivity index (χ0n) is 17.3. The van der Waals surface area contributed by atoms with Crippen LogP contribution < -0.4 is 5.73 Å². The van der Waals surface area contributed by atoms with E-state index >= 15 is 0 Å². The van der Waals surface area contributed by atoms with Crippen LogP contribution in [0.25, 0.3) is 22.2 Å². The Morgan fingerprint density at radius 2 is 1.70 bits per heavy atom. The monoisotopic (exact) mass is 402 g/mol. The van der Waals surface area contributed by atoms with E-state index < -0.39 is 5.97 Å². The molecule has 0 aliphatic carbocycles. The average Bonchev–Trinajstić information content (AvgIpc) is 3.05. The van der Waals surface area contributed by atoms with Gasteiger partial charge in [-0.05, 0) is 31.0 Å². The van der Waals surface area contributed by atoms with Crippen molar-refractivity contribution in [3.05, 3.63) is 65.7 Å². The van der Waals surface area contributed by atoms with E-state index in [-0.39, 0.29) is 6.04 Å². The molecule has 2 aromatic heterocycles. The Hall–Kier alpha value is -3.41. The Labute approximate surface area is 175 Å². The van der Waals surface area contributed by atoms with Gasteiger partial charge in [-0.3, -0.25) is 0 Å². The minimum atomic E-state index is -0.447. The van der Waals surface area contributed by atoms with E-state index in [0.29, 0.717) is 29.2 Å². The van der Waals surface area contributed by atoms with Crippen molar-refractivity contribution < 1.29 is 9.53 Å². The van der Waals surface area contributed by atoms with Crippen molar-refractivity contribution in [2.75, 3.05) is 12.3 Å². The van der Waals surface area contributed by atoms with Gasteiger partial charge < -0.3 is 15.0 Å². The maximum atomic E-state index is 13.0. The molecule has 2 heterocycles. The summed E-state index contributed by atoms with van der Waals surface area (Å²) in [6.07, 6.45) is 2.90. The number of hydrogen-bond acceptors (Lipinski definition) is 5. The lowest BCUT2D eigenvalue weighted by Crippen LogP contribution is -2.13. The molecule has 0 saturated heterocycles. The summed E-state index contributed by atoms with van der Waals surface area (Å²) in [5.41, 5.74) is 10.4. The number of hydrogen-bond donors (Lipinski definition) is 1. The number of nitrogens with zero attached hydrogens (tertiary/aromatic N) is 3. The van der Waals surface area contributed by atoms with E-state index in [4.69, 9.17) is 20.4 Å². The van der Waals surface area contributed by atoms with E-state index in [1.807, 2.05) is 66.1 Å². The highest BCUT2D eigenvalue weighted by molar-refractivity contribution is 6.08. The topological polar surface area (TPSA) is 83.0 Å². The van der Waals surface area contributed by atoms with Crippen LogP contribution in [0.3, 0.4) is 0 Å². The van der Waals surface area contributed by atoms with Gasteiger partial charge in [0.15, 0.2) is 5.65 Å². The second-order valence-corrected chi connectivity index (χ2v) is 7.44. The van der Waals surface area contributed by atoms with Gasteiger partial charge in [0.1, 0.15) is 16.9 Å². The highest BCUT2D eigenvalue weighted by atomic mass is 16.5. The molecule has 1 atom stereocenters. The first-order valence-corrected chi connectivity index (χ1v) is 10.4. The maximum absolute atomic E-state index is 13.0. The van der Waals surface area contributed by atoms with Crippen molar-refractivity contribution in [3.8, 4) is 0 Å². The first kappa shape index (κ1) is 19.9. The average molecular weight is 402 g/mol. The Kier molecular flexibility index (Phi) is 5.65. The number of carbonyl (C=O) groups is 1. The van der Waals surface area contributed by atoms with E-state index in [0.717, 1.165) is 35.9 Å². The fourth-order valence-electron chi connectivity index (χ4n) is 3.75. The van der Waals surface area contributed by atoms with Gasteiger partial charge in [-0.2, -0.15) is 0 Å². The Morgan fingerprint density at radius 3 is 2.40 bits per heavy atom. The van der Waals surface area contributed by atoms with Crippen molar-refractivity contribution in [3.63, 3.8) is 0 Å². The number of nitrogens with two attached hydrogens (primary N) is 1. The normalized spacial score (nSPS) is 12.3. The van der Waals surface area contributed by atoms with Gasteiger partial charge in [0.05, 0.1) is 23.7 Å². The Morgan fingerprint density at radius 1 is 1.03 bits per heavy atom. The molecule has 4 aromatic rings. The van der Waals surface area contributed by atoms with Crippen LogP contribution in [0, 0.1) is 0 Å². The first-order valence-electron chi connectivity index (χ1n) is 10.4. The summed E-state index contributed by atoms with van der Waals surface area (Å²) < 4.78 is 7.41. The van der Waals surface area contributed by atoms with Crippen LogP contribution >= 0.6 is 0 Å². The molecule has 0 fully saturated rings. The second kappa shape index (κ2) is 8.53. The molecular weight excluding hydrogens is 376 g/mol. The summed E-state index contributed by atoms with van der Waals surface area (Å²) in [5.74, 6) is -0.116. The fraction of sp³-hybridized carbons (Fsp3) is 0.292. The number of nitrogen functional groups attached to an aromatic ring is 1. The third-order valence-corrected chi connectivity index (χ3v) is 5.39. The van der Waals surface area contributed by atoms with Gasteiger partial charge in [0, 0.05) is 0 Å². The molecule has 2 aromatic carbocycles. The zero-order chi connectivity index (χ0) is 21.1. The summed E-state index contributed by atoms with van der Waals surface area (Å²) in [6, 6.07) is 17.5. The van der Waals surface area contributed by atoms with Crippen LogP contribution in [0.2, 0.25) is 0 Å².